The van der Waals surface area contributed by atoms with Crippen LogP contribution < -0.4 is 10.6 Å². The molecule has 2 amide bonds. The monoisotopic (exact) mass is 403 g/mol. The second-order valence-electron chi connectivity index (χ2n) is 9.39. The first-order valence-corrected chi connectivity index (χ1v) is 11.2. The van der Waals surface area contributed by atoms with Crippen LogP contribution in [0.5, 0.6) is 0 Å². The molecule has 29 heavy (non-hydrogen) atoms. The summed E-state index contributed by atoms with van der Waals surface area (Å²) in [4.78, 5) is 19.1. The smallest absolute Gasteiger partial charge is 0.315 e. The predicted octanol–water partition coefficient (Wildman–Crippen LogP) is 5.43. The van der Waals surface area contributed by atoms with Crippen molar-refractivity contribution in [1.29, 1.82) is 0 Å². The van der Waals surface area contributed by atoms with Gasteiger partial charge in [0.1, 0.15) is 6.10 Å². The molecule has 0 saturated carbocycles. The summed E-state index contributed by atoms with van der Waals surface area (Å²) < 4.78 is 0. The first-order chi connectivity index (χ1) is 13.6. The van der Waals surface area contributed by atoms with Crippen molar-refractivity contribution in [2.24, 2.45) is 5.92 Å². The average Bonchev–Trinajstić information content (AvgIpc) is 2.69. The van der Waals surface area contributed by atoms with Gasteiger partial charge in [0.15, 0.2) is 0 Å². The Morgan fingerprint density at radius 1 is 1.17 bits per heavy atom. The highest BCUT2D eigenvalue weighted by Gasteiger charge is 2.54. The molecule has 0 aliphatic carbocycles. The Kier molecular flexibility index (Phi) is 7.74. The van der Waals surface area contributed by atoms with Gasteiger partial charge in [-0.25, -0.2) is 4.79 Å². The summed E-state index contributed by atoms with van der Waals surface area (Å²) >= 11 is 0. The van der Waals surface area contributed by atoms with Crippen molar-refractivity contribution in [3.8, 4) is 0 Å². The molecule has 1 aromatic carbocycles. The molecule has 5 heteroatoms. The molecule has 5 nitrogen and oxygen atoms in total. The van der Waals surface area contributed by atoms with Crippen molar-refractivity contribution in [2.75, 3.05) is 0 Å². The number of amides is 2. The first kappa shape index (κ1) is 23.7. The molecule has 1 aromatic rings. The summed E-state index contributed by atoms with van der Waals surface area (Å²) in [6.45, 7) is 17.3. The summed E-state index contributed by atoms with van der Waals surface area (Å²) in [5.41, 5.74) is 0.811. The lowest BCUT2D eigenvalue weighted by molar-refractivity contribution is -0.327. The Hall–Kier alpha value is -1.59. The van der Waals surface area contributed by atoms with Crippen molar-refractivity contribution >= 4 is 6.03 Å². The third-order valence-corrected chi connectivity index (χ3v) is 6.94. The quantitative estimate of drug-likeness (QED) is 0.638. The standard InChI is InChI=1S/C24H41N3O2/c1-9-23(7)16-21(26-22(28)25-17(3)4)18(5)24(8,10-2)27(23)29-19(6)20-14-12-11-13-15-20/h11-15,17-19,21H,9-10,16H2,1-8H3,(H2,25,26,28). The SMILES string of the molecule is CCC1(C)CC(NC(=O)NC(C)C)C(C)C(C)(CC)N1OC(C)c1ccccc1. The highest BCUT2D eigenvalue weighted by Crippen LogP contribution is 2.47. The van der Waals surface area contributed by atoms with E-state index >= 15 is 0 Å². The maximum atomic E-state index is 12.4. The number of urea groups is 1. The van der Waals surface area contributed by atoms with E-state index in [2.05, 4.69) is 81.5 Å². The van der Waals surface area contributed by atoms with Crippen molar-refractivity contribution < 1.29 is 9.63 Å². The molecule has 1 aliphatic heterocycles. The van der Waals surface area contributed by atoms with Crippen LogP contribution >= 0.6 is 0 Å². The van der Waals surface area contributed by atoms with Gasteiger partial charge in [0.05, 0.1) is 0 Å². The fourth-order valence-corrected chi connectivity index (χ4v) is 4.56. The summed E-state index contributed by atoms with van der Waals surface area (Å²) in [5, 5.41) is 8.49. The van der Waals surface area contributed by atoms with E-state index < -0.39 is 0 Å². The number of nitrogens with one attached hydrogen (secondary N) is 2. The van der Waals surface area contributed by atoms with Gasteiger partial charge in [-0.2, -0.15) is 5.06 Å². The number of rotatable bonds is 7. The lowest BCUT2D eigenvalue weighted by Crippen LogP contribution is -2.70. The van der Waals surface area contributed by atoms with Crippen LogP contribution in [0.1, 0.15) is 86.3 Å². The molecule has 1 aliphatic rings. The molecule has 1 heterocycles. The van der Waals surface area contributed by atoms with Crippen LogP contribution in [0.25, 0.3) is 0 Å². The Bertz CT molecular complexity index is 665. The van der Waals surface area contributed by atoms with E-state index in [4.69, 9.17) is 4.84 Å². The van der Waals surface area contributed by atoms with Crippen LogP contribution in [0.15, 0.2) is 30.3 Å². The average molecular weight is 404 g/mol. The fraction of sp³-hybridized carbons (Fsp3) is 0.708. The van der Waals surface area contributed by atoms with Gasteiger partial charge < -0.3 is 10.6 Å². The van der Waals surface area contributed by atoms with Crippen molar-refractivity contribution in [1.82, 2.24) is 15.7 Å². The minimum Gasteiger partial charge on any atom is -0.336 e. The number of piperidine rings is 1. The number of hydrogen-bond acceptors (Lipinski definition) is 3. The van der Waals surface area contributed by atoms with E-state index in [0.29, 0.717) is 0 Å². The van der Waals surface area contributed by atoms with Crippen LogP contribution in [-0.4, -0.2) is 34.3 Å². The maximum Gasteiger partial charge on any atom is 0.315 e. The normalized spacial score (nSPS) is 31.5. The molecule has 5 unspecified atom stereocenters. The highest BCUT2D eigenvalue weighted by atomic mass is 16.7. The zero-order chi connectivity index (χ0) is 21.8. The molecule has 1 fully saturated rings. The molecule has 2 rings (SSSR count). The molecular weight excluding hydrogens is 362 g/mol. The van der Waals surface area contributed by atoms with Gasteiger partial charge in [-0.1, -0.05) is 51.1 Å². The van der Waals surface area contributed by atoms with Gasteiger partial charge in [0.25, 0.3) is 0 Å². The lowest BCUT2D eigenvalue weighted by atomic mass is 9.68. The molecule has 0 spiro atoms. The second kappa shape index (κ2) is 9.48. The van der Waals surface area contributed by atoms with Crippen molar-refractivity contribution in [3.63, 3.8) is 0 Å². The minimum absolute atomic E-state index is 0.0334. The van der Waals surface area contributed by atoms with Gasteiger partial charge in [-0.3, -0.25) is 4.84 Å². The third kappa shape index (κ3) is 5.13. The van der Waals surface area contributed by atoms with Crippen LogP contribution in [0.3, 0.4) is 0 Å². The topological polar surface area (TPSA) is 53.6 Å². The van der Waals surface area contributed by atoms with Gasteiger partial charge >= 0.3 is 6.03 Å². The molecule has 2 N–H and O–H groups in total. The van der Waals surface area contributed by atoms with E-state index in [1.807, 2.05) is 19.9 Å². The Balaban J connectivity index is 2.30. The number of hydrogen-bond donors (Lipinski definition) is 2. The zero-order valence-electron chi connectivity index (χ0n) is 19.6. The summed E-state index contributed by atoms with van der Waals surface area (Å²) in [6.07, 6.45) is 2.71. The van der Waals surface area contributed by atoms with Crippen molar-refractivity contribution in [3.05, 3.63) is 35.9 Å². The van der Waals surface area contributed by atoms with E-state index in [9.17, 15) is 4.79 Å². The Morgan fingerprint density at radius 2 is 1.79 bits per heavy atom. The predicted molar refractivity (Wildman–Crippen MR) is 120 cm³/mol. The number of carbonyl (C=O) groups excluding carboxylic acids is 1. The van der Waals surface area contributed by atoms with E-state index in [1.165, 1.54) is 5.56 Å². The number of hydroxylamine groups is 2. The van der Waals surface area contributed by atoms with Gasteiger partial charge in [0.2, 0.25) is 0 Å². The largest absolute Gasteiger partial charge is 0.336 e. The molecule has 164 valence electrons. The number of carbonyl (C=O) groups is 1. The summed E-state index contributed by atoms with van der Waals surface area (Å²) in [6, 6.07) is 10.5. The van der Waals surface area contributed by atoms with Crippen LogP contribution in [-0.2, 0) is 4.84 Å². The minimum atomic E-state index is -0.193. The molecular formula is C24H41N3O2. The van der Waals surface area contributed by atoms with Gasteiger partial charge in [-0.05, 0) is 65.4 Å². The Labute approximate surface area is 177 Å². The van der Waals surface area contributed by atoms with Crippen LogP contribution in [0.2, 0.25) is 0 Å². The van der Waals surface area contributed by atoms with Crippen LogP contribution in [0.4, 0.5) is 4.79 Å². The maximum absolute atomic E-state index is 12.4. The highest BCUT2D eigenvalue weighted by molar-refractivity contribution is 5.74. The summed E-state index contributed by atoms with van der Waals surface area (Å²) in [7, 11) is 0. The van der Waals surface area contributed by atoms with Gasteiger partial charge in [-0.15, -0.1) is 0 Å². The lowest BCUT2D eigenvalue weighted by Gasteiger charge is -2.60. The van der Waals surface area contributed by atoms with E-state index in [1.54, 1.807) is 0 Å². The van der Waals surface area contributed by atoms with Crippen molar-refractivity contribution in [2.45, 2.75) is 104 Å². The van der Waals surface area contributed by atoms with Crippen LogP contribution in [0, 0.1) is 5.92 Å². The molecule has 0 radical (unpaired) electrons. The molecule has 5 atom stereocenters. The summed E-state index contributed by atoms with van der Waals surface area (Å²) in [5.74, 6) is 0.244. The van der Waals surface area contributed by atoms with Gasteiger partial charge in [0, 0.05) is 23.2 Å². The third-order valence-electron chi connectivity index (χ3n) is 6.94. The molecule has 0 bridgehead atoms. The molecule has 1 saturated heterocycles. The number of nitrogens with zero attached hydrogens (tertiary/aromatic N) is 1. The van der Waals surface area contributed by atoms with E-state index in [-0.39, 0.29) is 41.2 Å². The Morgan fingerprint density at radius 3 is 2.31 bits per heavy atom. The zero-order valence-corrected chi connectivity index (χ0v) is 19.6. The first-order valence-electron chi connectivity index (χ1n) is 11.2. The fourth-order valence-electron chi connectivity index (χ4n) is 4.56. The second-order valence-corrected chi connectivity index (χ2v) is 9.39. The van der Waals surface area contributed by atoms with E-state index in [0.717, 1.165) is 19.3 Å². The number of benzene rings is 1. The molecule has 0 aromatic heterocycles.